The van der Waals surface area contributed by atoms with Gasteiger partial charge < -0.3 is 18.9 Å². The maximum atomic E-state index is 11.0. The first-order valence-corrected chi connectivity index (χ1v) is 4.78. The van der Waals surface area contributed by atoms with Gasteiger partial charge in [-0.15, -0.1) is 0 Å². The molecule has 0 saturated carbocycles. The van der Waals surface area contributed by atoms with Gasteiger partial charge in [0.05, 0.1) is 25.9 Å². The normalized spacial score (nSPS) is 23.6. The highest BCUT2D eigenvalue weighted by molar-refractivity contribution is 5.82. The molecule has 1 heterocycles. The SMILES string of the molecule is COCO[C@@H]1CCO/C(=C\C(=O)OC)C1. The molecule has 0 aromatic rings. The van der Waals surface area contributed by atoms with Gasteiger partial charge in [-0.25, -0.2) is 4.79 Å². The summed E-state index contributed by atoms with van der Waals surface area (Å²) >= 11 is 0. The Bertz CT molecular complexity index is 236. The highest BCUT2D eigenvalue weighted by Crippen LogP contribution is 2.19. The van der Waals surface area contributed by atoms with E-state index in [2.05, 4.69) is 4.74 Å². The van der Waals surface area contributed by atoms with Gasteiger partial charge in [-0.2, -0.15) is 0 Å². The van der Waals surface area contributed by atoms with E-state index in [9.17, 15) is 4.79 Å². The smallest absolute Gasteiger partial charge is 0.333 e. The van der Waals surface area contributed by atoms with Crippen LogP contribution in [-0.2, 0) is 23.7 Å². The Morgan fingerprint density at radius 3 is 3.07 bits per heavy atom. The molecule has 0 aliphatic carbocycles. The third-order valence-corrected chi connectivity index (χ3v) is 2.06. The van der Waals surface area contributed by atoms with Crippen LogP contribution >= 0.6 is 0 Å². The maximum absolute atomic E-state index is 11.0. The Kier molecular flexibility index (Phi) is 5.14. The van der Waals surface area contributed by atoms with Crippen LogP contribution in [0.5, 0.6) is 0 Å². The van der Waals surface area contributed by atoms with Gasteiger partial charge in [-0.05, 0) is 0 Å². The average molecular weight is 216 g/mol. The Balaban J connectivity index is 2.41. The van der Waals surface area contributed by atoms with E-state index in [0.717, 1.165) is 6.42 Å². The fraction of sp³-hybridized carbons (Fsp3) is 0.700. The second kappa shape index (κ2) is 6.42. The summed E-state index contributed by atoms with van der Waals surface area (Å²) < 4.78 is 20.0. The molecule has 5 heteroatoms. The summed E-state index contributed by atoms with van der Waals surface area (Å²) in [4.78, 5) is 11.0. The topological polar surface area (TPSA) is 54.0 Å². The van der Waals surface area contributed by atoms with Crippen LogP contribution in [0, 0.1) is 0 Å². The van der Waals surface area contributed by atoms with E-state index in [1.807, 2.05) is 0 Å². The molecule has 0 spiro atoms. The molecule has 1 aliphatic heterocycles. The highest BCUT2D eigenvalue weighted by Gasteiger charge is 2.19. The van der Waals surface area contributed by atoms with Crippen LogP contribution < -0.4 is 0 Å². The van der Waals surface area contributed by atoms with Crippen LogP contribution in [0.25, 0.3) is 0 Å². The van der Waals surface area contributed by atoms with Crippen molar-refractivity contribution in [1.82, 2.24) is 0 Å². The van der Waals surface area contributed by atoms with E-state index < -0.39 is 5.97 Å². The van der Waals surface area contributed by atoms with Crippen LogP contribution in [0.4, 0.5) is 0 Å². The molecule has 15 heavy (non-hydrogen) atoms. The Morgan fingerprint density at radius 1 is 1.60 bits per heavy atom. The lowest BCUT2D eigenvalue weighted by molar-refractivity contribution is -0.135. The van der Waals surface area contributed by atoms with Gasteiger partial charge in [0.1, 0.15) is 12.6 Å². The molecule has 86 valence electrons. The molecule has 1 aliphatic rings. The van der Waals surface area contributed by atoms with Crippen LogP contribution in [0.2, 0.25) is 0 Å². The van der Waals surface area contributed by atoms with Crippen LogP contribution in [-0.4, -0.2) is 39.7 Å². The second-order valence-electron chi connectivity index (χ2n) is 3.17. The molecule has 0 aromatic heterocycles. The molecule has 0 radical (unpaired) electrons. The largest absolute Gasteiger partial charge is 0.497 e. The number of carbonyl (C=O) groups excluding carboxylic acids is 1. The molecular weight excluding hydrogens is 200 g/mol. The van der Waals surface area contributed by atoms with Gasteiger partial charge in [-0.1, -0.05) is 0 Å². The Hall–Kier alpha value is -1.07. The molecule has 1 atom stereocenters. The van der Waals surface area contributed by atoms with Crippen molar-refractivity contribution in [3.8, 4) is 0 Å². The van der Waals surface area contributed by atoms with E-state index in [1.165, 1.54) is 13.2 Å². The second-order valence-corrected chi connectivity index (χ2v) is 3.17. The summed E-state index contributed by atoms with van der Waals surface area (Å²) in [6.45, 7) is 0.813. The molecule has 1 rings (SSSR count). The summed E-state index contributed by atoms with van der Waals surface area (Å²) in [6.07, 6.45) is 2.79. The lowest BCUT2D eigenvalue weighted by Crippen LogP contribution is -2.23. The zero-order valence-electron chi connectivity index (χ0n) is 9.02. The zero-order chi connectivity index (χ0) is 11.1. The Morgan fingerprint density at radius 2 is 2.40 bits per heavy atom. The lowest BCUT2D eigenvalue weighted by atomic mass is 10.1. The van der Waals surface area contributed by atoms with Gasteiger partial charge in [-0.3, -0.25) is 0 Å². The fourth-order valence-electron chi connectivity index (χ4n) is 1.30. The van der Waals surface area contributed by atoms with E-state index in [1.54, 1.807) is 7.11 Å². The van der Waals surface area contributed by atoms with Crippen molar-refractivity contribution < 1.29 is 23.7 Å². The standard InChI is InChI=1S/C10H16O5/c1-12-7-15-8-3-4-14-9(5-8)6-10(11)13-2/h6,8H,3-5,7H2,1-2H3/b9-6-/t8-/m1/s1. The minimum Gasteiger partial charge on any atom is -0.497 e. The molecule has 1 fully saturated rings. The van der Waals surface area contributed by atoms with E-state index in [4.69, 9.17) is 14.2 Å². The third-order valence-electron chi connectivity index (χ3n) is 2.06. The van der Waals surface area contributed by atoms with Gasteiger partial charge in [0.2, 0.25) is 0 Å². The fourth-order valence-corrected chi connectivity index (χ4v) is 1.30. The van der Waals surface area contributed by atoms with Crippen LogP contribution in [0.3, 0.4) is 0 Å². The van der Waals surface area contributed by atoms with E-state index in [-0.39, 0.29) is 12.9 Å². The first-order valence-electron chi connectivity index (χ1n) is 4.78. The maximum Gasteiger partial charge on any atom is 0.333 e. The number of hydrogen-bond acceptors (Lipinski definition) is 5. The molecule has 5 nitrogen and oxygen atoms in total. The number of hydrogen-bond donors (Lipinski definition) is 0. The summed E-state index contributed by atoms with van der Waals surface area (Å²) in [7, 11) is 2.91. The Labute approximate surface area is 88.9 Å². The first kappa shape index (κ1) is 12.0. The predicted molar refractivity (Wildman–Crippen MR) is 52.0 cm³/mol. The van der Waals surface area contributed by atoms with Crippen LogP contribution in [0.1, 0.15) is 12.8 Å². The van der Waals surface area contributed by atoms with Crippen molar-refractivity contribution in [1.29, 1.82) is 0 Å². The van der Waals surface area contributed by atoms with Crippen molar-refractivity contribution in [2.75, 3.05) is 27.6 Å². The number of ether oxygens (including phenoxy) is 4. The molecule has 0 amide bonds. The van der Waals surface area contributed by atoms with Gasteiger partial charge in [0, 0.05) is 20.0 Å². The van der Waals surface area contributed by atoms with Crippen LogP contribution in [0.15, 0.2) is 11.8 Å². The molecule has 0 aromatic carbocycles. The summed E-state index contributed by atoms with van der Waals surface area (Å²) in [5.41, 5.74) is 0. The van der Waals surface area contributed by atoms with Crippen molar-refractivity contribution in [3.63, 3.8) is 0 Å². The van der Waals surface area contributed by atoms with Gasteiger partial charge in [0.15, 0.2) is 0 Å². The third kappa shape index (κ3) is 4.31. The number of methoxy groups -OCH3 is 2. The minimum absolute atomic E-state index is 0.0506. The first-order chi connectivity index (χ1) is 7.26. The number of rotatable bonds is 4. The number of esters is 1. The summed E-state index contributed by atoms with van der Waals surface area (Å²) in [5.74, 6) is 0.201. The number of carbonyl (C=O) groups is 1. The van der Waals surface area contributed by atoms with E-state index in [0.29, 0.717) is 18.8 Å². The van der Waals surface area contributed by atoms with E-state index >= 15 is 0 Å². The van der Waals surface area contributed by atoms with Crippen molar-refractivity contribution in [2.45, 2.75) is 18.9 Å². The monoisotopic (exact) mass is 216 g/mol. The average Bonchev–Trinajstić information content (AvgIpc) is 2.26. The van der Waals surface area contributed by atoms with Gasteiger partial charge >= 0.3 is 5.97 Å². The highest BCUT2D eigenvalue weighted by atomic mass is 16.7. The predicted octanol–water partition coefficient (Wildman–Crippen LogP) is 0.843. The minimum atomic E-state index is -0.405. The van der Waals surface area contributed by atoms with Gasteiger partial charge in [0.25, 0.3) is 0 Å². The zero-order valence-corrected chi connectivity index (χ0v) is 9.02. The lowest BCUT2D eigenvalue weighted by Gasteiger charge is -2.24. The summed E-state index contributed by atoms with van der Waals surface area (Å²) in [5, 5.41) is 0. The summed E-state index contributed by atoms with van der Waals surface area (Å²) in [6, 6.07) is 0. The quantitative estimate of drug-likeness (QED) is 0.396. The van der Waals surface area contributed by atoms with Crippen molar-refractivity contribution in [3.05, 3.63) is 11.8 Å². The van der Waals surface area contributed by atoms with Crippen molar-refractivity contribution in [2.24, 2.45) is 0 Å². The molecule has 0 N–H and O–H groups in total. The molecule has 1 saturated heterocycles. The molecule has 0 unspecified atom stereocenters. The molecule has 0 bridgehead atoms. The van der Waals surface area contributed by atoms with Crippen molar-refractivity contribution >= 4 is 5.97 Å². The molecular formula is C10H16O5.